The smallest absolute Gasteiger partial charge is 0.318 e. The molecule has 4 aliphatic heterocycles. The number of piperazine rings is 1. The molecular weight excluding hydrogens is 673 g/mol. The third kappa shape index (κ3) is 6.06. The van der Waals surface area contributed by atoms with E-state index in [-0.39, 0.29) is 45.3 Å². The van der Waals surface area contributed by atoms with Gasteiger partial charge in [0.25, 0.3) is 15.9 Å². The number of piperidine rings is 1. The second kappa shape index (κ2) is 13.9. The molecule has 14 nitrogen and oxygen atoms in total. The van der Waals surface area contributed by atoms with Crippen LogP contribution in [-0.4, -0.2) is 111 Å². The highest BCUT2D eigenvalue weighted by Crippen LogP contribution is 2.49. The van der Waals surface area contributed by atoms with E-state index in [1.54, 1.807) is 24.0 Å². The molecule has 1 aromatic heterocycles. The van der Waals surface area contributed by atoms with Crippen LogP contribution >= 0.6 is 0 Å². The van der Waals surface area contributed by atoms with Crippen molar-refractivity contribution in [2.75, 3.05) is 63.4 Å². The standard InChI is InChI=1S/C36H38N8O6S/c1-2-50-33-30(4-3-13-39-33)36(40-35(46)43-14-11-27(12-15-43)41-16-18-42(19-17-41)28-23-49-24-28)31-20-26(22-38)7-10-32(31)44(34(36)45)51(47,48)29-8-5-25(21-37)6-9-29/h3-10,13,20,27-28H,2,11-12,14-19,23-24H2,1H3,(H,40,46). The minimum absolute atomic E-state index is 0.0266. The quantitative estimate of drug-likeness (QED) is 0.364. The van der Waals surface area contributed by atoms with Crippen LogP contribution in [0.15, 0.2) is 65.7 Å². The summed E-state index contributed by atoms with van der Waals surface area (Å²) in [6, 6.07) is 16.9. The SMILES string of the molecule is CCOc1ncccc1C1(NC(=O)N2CCC(N3CCN(C4COC4)CC3)CC2)C(=O)N(S(=O)(=O)c2ccc(C#N)cc2)c2ccc(C#N)cc21. The molecule has 5 heterocycles. The number of fused-ring (bicyclic) bond motifs is 1. The van der Waals surface area contributed by atoms with Gasteiger partial charge in [0.05, 0.1) is 65.3 Å². The summed E-state index contributed by atoms with van der Waals surface area (Å²) < 4.78 is 40.5. The molecule has 3 fully saturated rings. The summed E-state index contributed by atoms with van der Waals surface area (Å²) in [6.07, 6.45) is 2.96. The molecule has 1 atom stereocenters. The number of nitriles is 2. The van der Waals surface area contributed by atoms with Crippen LogP contribution in [0.2, 0.25) is 0 Å². The minimum Gasteiger partial charge on any atom is -0.478 e. The molecule has 0 bridgehead atoms. The van der Waals surface area contributed by atoms with Crippen LogP contribution in [0.5, 0.6) is 5.88 Å². The van der Waals surface area contributed by atoms with Gasteiger partial charge in [0.1, 0.15) is 0 Å². The van der Waals surface area contributed by atoms with E-state index in [1.807, 2.05) is 6.07 Å². The number of nitrogens with zero attached hydrogens (tertiary/aromatic N) is 7. The molecule has 1 unspecified atom stereocenters. The number of urea groups is 1. The Morgan fingerprint density at radius 2 is 1.59 bits per heavy atom. The van der Waals surface area contributed by atoms with Gasteiger partial charge in [-0.25, -0.2) is 18.2 Å². The van der Waals surface area contributed by atoms with Crippen LogP contribution in [0.3, 0.4) is 0 Å². The van der Waals surface area contributed by atoms with Gasteiger partial charge in [0, 0.05) is 57.1 Å². The summed E-state index contributed by atoms with van der Waals surface area (Å²) in [7, 11) is -4.59. The average Bonchev–Trinajstić information content (AvgIpc) is 3.39. The fourth-order valence-corrected chi connectivity index (χ4v) is 8.92. The van der Waals surface area contributed by atoms with Gasteiger partial charge in [-0.1, -0.05) is 0 Å². The van der Waals surface area contributed by atoms with E-state index >= 15 is 4.79 Å². The molecule has 264 valence electrons. The van der Waals surface area contributed by atoms with Crippen molar-refractivity contribution in [3.63, 3.8) is 0 Å². The normalized spacial score (nSPS) is 21.7. The first-order valence-corrected chi connectivity index (χ1v) is 18.5. The molecule has 15 heteroatoms. The zero-order valence-corrected chi connectivity index (χ0v) is 29.0. The Morgan fingerprint density at radius 1 is 0.941 bits per heavy atom. The number of carbonyl (C=O) groups is 2. The second-order valence-corrected chi connectivity index (χ2v) is 14.8. The third-order valence-electron chi connectivity index (χ3n) is 10.3. The number of carbonyl (C=O) groups excluding carboxylic acids is 2. The number of likely N-dealkylation sites (tertiary alicyclic amines) is 1. The maximum atomic E-state index is 15.0. The topological polar surface area (TPSA) is 172 Å². The lowest BCUT2D eigenvalue weighted by molar-refractivity contribution is -0.121. The van der Waals surface area contributed by atoms with Crippen molar-refractivity contribution in [1.29, 1.82) is 10.5 Å². The van der Waals surface area contributed by atoms with Gasteiger partial charge in [-0.15, -0.1) is 0 Å². The average molecular weight is 711 g/mol. The minimum atomic E-state index is -4.59. The van der Waals surface area contributed by atoms with Crippen molar-refractivity contribution in [2.24, 2.45) is 0 Å². The Morgan fingerprint density at radius 3 is 2.20 bits per heavy atom. The molecule has 0 aliphatic carbocycles. The number of pyridine rings is 1. The molecular formula is C36H38N8O6S. The number of rotatable bonds is 8. The van der Waals surface area contributed by atoms with Gasteiger partial charge in [-0.05, 0) is 74.4 Å². The molecule has 1 N–H and O–H groups in total. The zero-order valence-electron chi connectivity index (χ0n) is 28.2. The van der Waals surface area contributed by atoms with Gasteiger partial charge < -0.3 is 19.7 Å². The van der Waals surface area contributed by atoms with Gasteiger partial charge in [0.2, 0.25) is 5.88 Å². The predicted molar refractivity (Wildman–Crippen MR) is 184 cm³/mol. The van der Waals surface area contributed by atoms with E-state index in [0.717, 1.165) is 52.2 Å². The Labute approximate surface area is 296 Å². The number of sulfonamides is 1. The first kappa shape index (κ1) is 34.4. The summed E-state index contributed by atoms with van der Waals surface area (Å²) >= 11 is 0. The van der Waals surface area contributed by atoms with Gasteiger partial charge in [-0.3, -0.25) is 14.6 Å². The molecule has 0 spiro atoms. The highest BCUT2D eigenvalue weighted by molar-refractivity contribution is 7.93. The highest BCUT2D eigenvalue weighted by Gasteiger charge is 2.59. The lowest BCUT2D eigenvalue weighted by atomic mass is 9.83. The summed E-state index contributed by atoms with van der Waals surface area (Å²) in [5.41, 5.74) is -1.53. The molecule has 4 aliphatic rings. The molecule has 7 rings (SSSR count). The van der Waals surface area contributed by atoms with E-state index in [4.69, 9.17) is 9.47 Å². The van der Waals surface area contributed by atoms with Gasteiger partial charge in [-0.2, -0.15) is 14.8 Å². The monoisotopic (exact) mass is 710 g/mol. The van der Waals surface area contributed by atoms with Crippen molar-refractivity contribution in [2.45, 2.75) is 42.3 Å². The second-order valence-electron chi connectivity index (χ2n) is 13.0. The highest BCUT2D eigenvalue weighted by atomic mass is 32.2. The maximum Gasteiger partial charge on any atom is 0.318 e. The summed E-state index contributed by atoms with van der Waals surface area (Å²) in [6.45, 7) is 8.25. The van der Waals surface area contributed by atoms with E-state index in [1.165, 1.54) is 48.7 Å². The summed E-state index contributed by atoms with van der Waals surface area (Å²) in [5, 5.41) is 22.1. The van der Waals surface area contributed by atoms with Crippen LogP contribution in [-0.2, 0) is 25.1 Å². The van der Waals surface area contributed by atoms with Crippen LogP contribution in [0, 0.1) is 22.7 Å². The van der Waals surface area contributed by atoms with E-state index in [9.17, 15) is 23.7 Å². The van der Waals surface area contributed by atoms with Crippen molar-refractivity contribution in [1.82, 2.24) is 25.0 Å². The lowest BCUT2D eigenvalue weighted by Crippen LogP contribution is -2.61. The Kier molecular flexibility index (Phi) is 9.39. The van der Waals surface area contributed by atoms with Crippen LogP contribution in [0.1, 0.15) is 42.0 Å². The molecule has 0 radical (unpaired) electrons. The largest absolute Gasteiger partial charge is 0.478 e. The summed E-state index contributed by atoms with van der Waals surface area (Å²) in [5.74, 6) is -0.949. The van der Waals surface area contributed by atoms with Crippen LogP contribution in [0.25, 0.3) is 0 Å². The van der Waals surface area contributed by atoms with Crippen molar-refractivity contribution in [3.8, 4) is 18.0 Å². The summed E-state index contributed by atoms with van der Waals surface area (Å²) in [4.78, 5) is 40.1. The van der Waals surface area contributed by atoms with E-state index in [0.29, 0.717) is 29.5 Å². The number of hydrogen-bond acceptors (Lipinski definition) is 11. The Balaban J connectivity index is 1.23. The molecule has 2 aromatic carbocycles. The number of anilines is 1. The first-order chi connectivity index (χ1) is 24.7. The zero-order chi connectivity index (χ0) is 35.8. The number of amides is 3. The van der Waals surface area contributed by atoms with Crippen LogP contribution in [0.4, 0.5) is 10.5 Å². The maximum absolute atomic E-state index is 15.0. The number of nitrogens with one attached hydrogen (secondary N) is 1. The van der Waals surface area contributed by atoms with Gasteiger partial charge in [0.15, 0.2) is 5.54 Å². The number of aromatic nitrogens is 1. The fraction of sp³-hybridized carbons (Fsp3) is 0.417. The number of ether oxygens (including phenoxy) is 2. The molecule has 0 saturated carbocycles. The molecule has 3 saturated heterocycles. The van der Waals surface area contributed by atoms with Crippen molar-refractivity contribution in [3.05, 3.63) is 83.0 Å². The Hall–Kier alpha value is -5.06. The van der Waals surface area contributed by atoms with Crippen molar-refractivity contribution >= 4 is 27.6 Å². The first-order valence-electron chi connectivity index (χ1n) is 17.1. The van der Waals surface area contributed by atoms with Crippen molar-refractivity contribution < 1.29 is 27.5 Å². The van der Waals surface area contributed by atoms with Gasteiger partial charge >= 0.3 is 6.03 Å². The van der Waals surface area contributed by atoms with Crippen LogP contribution < -0.4 is 14.4 Å². The Bertz CT molecular complexity index is 2010. The number of benzene rings is 2. The fourth-order valence-electron chi connectivity index (χ4n) is 7.46. The van der Waals surface area contributed by atoms with E-state index in [2.05, 4.69) is 26.2 Å². The lowest BCUT2D eigenvalue weighted by Gasteiger charge is -2.46. The third-order valence-corrected chi connectivity index (χ3v) is 12.0. The number of hydrogen-bond donors (Lipinski definition) is 1. The predicted octanol–water partition coefficient (Wildman–Crippen LogP) is 2.39. The molecule has 51 heavy (non-hydrogen) atoms. The molecule has 3 aromatic rings. The molecule has 3 amide bonds. The van der Waals surface area contributed by atoms with E-state index < -0.39 is 27.5 Å².